The molecule has 0 aliphatic rings. The van der Waals surface area contributed by atoms with Gasteiger partial charge in [0.05, 0.1) is 25.6 Å². The molecule has 0 aliphatic heterocycles. The standard InChI is InChI=1S/C24H20N2O6/c1-31-23(29)19-11-17(7-9-21(19)27)25-13-15-3-5-16(6-4-15)14-26-18-8-10-22(28)20(12-18)24(30)32-2/h3-14,27-28H,1-2H3. The van der Waals surface area contributed by atoms with Crippen LogP contribution in [0, 0.1) is 0 Å². The second kappa shape index (κ2) is 10.0. The maximum Gasteiger partial charge on any atom is 0.341 e. The summed E-state index contributed by atoms with van der Waals surface area (Å²) in [5.74, 6) is -1.63. The largest absolute Gasteiger partial charge is 0.507 e. The number of hydrogen-bond donors (Lipinski definition) is 2. The van der Waals surface area contributed by atoms with Crippen LogP contribution in [0.4, 0.5) is 11.4 Å². The van der Waals surface area contributed by atoms with Crippen molar-refractivity contribution in [2.45, 2.75) is 0 Å². The molecule has 0 saturated heterocycles. The van der Waals surface area contributed by atoms with Gasteiger partial charge in [-0.1, -0.05) is 24.3 Å². The number of nitrogens with zero attached hydrogens (tertiary/aromatic N) is 2. The van der Waals surface area contributed by atoms with E-state index >= 15 is 0 Å². The molecule has 0 spiro atoms. The van der Waals surface area contributed by atoms with Gasteiger partial charge in [-0.05, 0) is 47.5 Å². The minimum atomic E-state index is -0.643. The van der Waals surface area contributed by atoms with Gasteiger partial charge in [0.25, 0.3) is 0 Å². The number of esters is 2. The topological polar surface area (TPSA) is 118 Å². The first-order valence-corrected chi connectivity index (χ1v) is 9.42. The fraction of sp³-hybridized carbons (Fsp3) is 0.0833. The summed E-state index contributed by atoms with van der Waals surface area (Å²) in [6, 6.07) is 16.2. The number of phenolic OH excluding ortho intramolecular Hbond substituents is 2. The molecule has 0 unspecified atom stereocenters. The summed E-state index contributed by atoms with van der Waals surface area (Å²) in [5.41, 5.74) is 2.68. The van der Waals surface area contributed by atoms with E-state index in [0.29, 0.717) is 11.4 Å². The van der Waals surface area contributed by atoms with Crippen molar-refractivity contribution in [2.24, 2.45) is 9.98 Å². The van der Waals surface area contributed by atoms with Crippen molar-refractivity contribution in [2.75, 3.05) is 14.2 Å². The van der Waals surface area contributed by atoms with Gasteiger partial charge < -0.3 is 19.7 Å². The SMILES string of the molecule is COC(=O)c1cc(N=Cc2ccc(C=Nc3ccc(O)c(C(=O)OC)c3)cc2)ccc1O. The number of phenols is 2. The van der Waals surface area contributed by atoms with Gasteiger partial charge in [0.2, 0.25) is 0 Å². The van der Waals surface area contributed by atoms with E-state index in [9.17, 15) is 19.8 Å². The van der Waals surface area contributed by atoms with E-state index in [1.807, 2.05) is 24.3 Å². The van der Waals surface area contributed by atoms with Crippen LogP contribution in [0.1, 0.15) is 31.8 Å². The number of aliphatic imine (C=N–C) groups is 2. The zero-order chi connectivity index (χ0) is 23.1. The lowest BCUT2D eigenvalue weighted by Crippen LogP contribution is -2.01. The molecular weight excluding hydrogens is 412 g/mol. The third-order valence-electron chi connectivity index (χ3n) is 4.43. The Morgan fingerprint density at radius 3 is 1.41 bits per heavy atom. The van der Waals surface area contributed by atoms with E-state index in [2.05, 4.69) is 19.5 Å². The van der Waals surface area contributed by atoms with Crippen LogP contribution < -0.4 is 0 Å². The van der Waals surface area contributed by atoms with Crippen LogP contribution in [0.25, 0.3) is 0 Å². The van der Waals surface area contributed by atoms with E-state index < -0.39 is 11.9 Å². The molecule has 0 heterocycles. The summed E-state index contributed by atoms with van der Waals surface area (Å²) in [7, 11) is 2.48. The second-order valence-corrected chi connectivity index (χ2v) is 6.57. The summed E-state index contributed by atoms with van der Waals surface area (Å²) in [4.78, 5) is 32.0. The van der Waals surface area contributed by atoms with Crippen molar-refractivity contribution in [3.8, 4) is 11.5 Å². The van der Waals surface area contributed by atoms with E-state index in [1.165, 1.54) is 38.5 Å². The molecule has 0 bridgehead atoms. The first kappa shape index (κ1) is 22.2. The van der Waals surface area contributed by atoms with E-state index in [4.69, 9.17) is 0 Å². The molecule has 0 saturated carbocycles. The average molecular weight is 432 g/mol. The Kier molecular flexibility index (Phi) is 6.97. The van der Waals surface area contributed by atoms with Gasteiger partial charge in [-0.25, -0.2) is 9.59 Å². The van der Waals surface area contributed by atoms with Crippen LogP contribution in [0.5, 0.6) is 11.5 Å². The van der Waals surface area contributed by atoms with Crippen molar-refractivity contribution in [1.82, 2.24) is 0 Å². The Balaban J connectivity index is 1.72. The lowest BCUT2D eigenvalue weighted by atomic mass is 10.1. The highest BCUT2D eigenvalue weighted by atomic mass is 16.5. The Hall–Kier alpha value is -4.46. The summed E-state index contributed by atoms with van der Waals surface area (Å²) in [6.45, 7) is 0. The van der Waals surface area contributed by atoms with Crippen LogP contribution >= 0.6 is 0 Å². The molecule has 0 fully saturated rings. The average Bonchev–Trinajstić information content (AvgIpc) is 2.82. The van der Waals surface area contributed by atoms with E-state index in [0.717, 1.165) is 11.1 Å². The van der Waals surface area contributed by atoms with E-state index in [-0.39, 0.29) is 22.6 Å². The third-order valence-corrected chi connectivity index (χ3v) is 4.43. The van der Waals surface area contributed by atoms with Crippen molar-refractivity contribution in [3.05, 3.63) is 82.9 Å². The molecule has 32 heavy (non-hydrogen) atoms. The van der Waals surface area contributed by atoms with Gasteiger partial charge >= 0.3 is 11.9 Å². The second-order valence-electron chi connectivity index (χ2n) is 6.57. The smallest absolute Gasteiger partial charge is 0.341 e. The van der Waals surface area contributed by atoms with Gasteiger partial charge in [-0.15, -0.1) is 0 Å². The van der Waals surface area contributed by atoms with Crippen LogP contribution in [-0.4, -0.2) is 48.8 Å². The lowest BCUT2D eigenvalue weighted by molar-refractivity contribution is 0.0588. The van der Waals surface area contributed by atoms with Gasteiger partial charge in [-0.2, -0.15) is 0 Å². The quantitative estimate of drug-likeness (QED) is 0.446. The molecule has 0 atom stereocenters. The molecule has 3 aromatic rings. The van der Waals surface area contributed by atoms with Crippen LogP contribution in [0.3, 0.4) is 0 Å². The number of benzene rings is 3. The zero-order valence-corrected chi connectivity index (χ0v) is 17.4. The first-order valence-electron chi connectivity index (χ1n) is 9.42. The molecule has 3 aromatic carbocycles. The summed E-state index contributed by atoms with van der Waals surface area (Å²) >= 11 is 0. The van der Waals surface area contributed by atoms with Crippen LogP contribution in [-0.2, 0) is 9.47 Å². The first-order chi connectivity index (χ1) is 15.4. The monoisotopic (exact) mass is 432 g/mol. The van der Waals surface area contributed by atoms with E-state index in [1.54, 1.807) is 24.6 Å². The Morgan fingerprint density at radius 1 is 0.688 bits per heavy atom. The Bertz CT molecular complexity index is 1110. The number of ether oxygens (including phenoxy) is 2. The van der Waals surface area contributed by atoms with Gasteiger partial charge in [0, 0.05) is 12.4 Å². The zero-order valence-electron chi connectivity index (χ0n) is 17.4. The molecule has 8 nitrogen and oxygen atoms in total. The normalized spacial score (nSPS) is 11.1. The molecule has 8 heteroatoms. The number of methoxy groups -OCH3 is 2. The highest BCUT2D eigenvalue weighted by molar-refractivity contribution is 5.94. The summed E-state index contributed by atoms with van der Waals surface area (Å²) < 4.78 is 9.27. The number of rotatable bonds is 6. The van der Waals surface area contributed by atoms with Gasteiger partial charge in [-0.3, -0.25) is 9.98 Å². The molecule has 3 rings (SSSR count). The minimum Gasteiger partial charge on any atom is -0.507 e. The van der Waals surface area contributed by atoms with Crippen molar-refractivity contribution >= 4 is 35.7 Å². The summed E-state index contributed by atoms with van der Waals surface area (Å²) in [5, 5.41) is 19.5. The molecule has 0 amide bonds. The maximum absolute atomic E-state index is 11.7. The van der Waals surface area contributed by atoms with Crippen LogP contribution in [0.15, 0.2) is 70.6 Å². The highest BCUT2D eigenvalue weighted by Gasteiger charge is 2.12. The molecule has 0 radical (unpaired) electrons. The van der Waals surface area contributed by atoms with Crippen molar-refractivity contribution in [3.63, 3.8) is 0 Å². The number of aromatic hydroxyl groups is 2. The maximum atomic E-state index is 11.7. The van der Waals surface area contributed by atoms with Gasteiger partial charge in [0.1, 0.15) is 22.6 Å². The highest BCUT2D eigenvalue weighted by Crippen LogP contribution is 2.25. The minimum absolute atomic E-state index is 0.0401. The fourth-order valence-electron chi connectivity index (χ4n) is 2.72. The molecule has 0 aliphatic carbocycles. The number of carbonyl (C=O) groups is 2. The van der Waals surface area contributed by atoms with Gasteiger partial charge in [0.15, 0.2) is 0 Å². The lowest BCUT2D eigenvalue weighted by Gasteiger charge is -2.03. The molecule has 162 valence electrons. The summed E-state index contributed by atoms with van der Waals surface area (Å²) in [6.07, 6.45) is 3.24. The Morgan fingerprint density at radius 2 is 1.06 bits per heavy atom. The molecule has 2 N–H and O–H groups in total. The van der Waals surface area contributed by atoms with Crippen molar-refractivity contribution in [1.29, 1.82) is 0 Å². The Labute approximate surface area is 184 Å². The predicted octanol–water partition coefficient (Wildman–Crippen LogP) is 4.17. The number of hydrogen-bond acceptors (Lipinski definition) is 8. The van der Waals surface area contributed by atoms with Crippen LogP contribution in [0.2, 0.25) is 0 Å². The van der Waals surface area contributed by atoms with Crippen molar-refractivity contribution < 1.29 is 29.3 Å². The number of carbonyl (C=O) groups excluding carboxylic acids is 2. The fourth-order valence-corrected chi connectivity index (χ4v) is 2.72. The molecule has 0 aromatic heterocycles. The predicted molar refractivity (Wildman–Crippen MR) is 120 cm³/mol. The third kappa shape index (κ3) is 5.37. The molecular formula is C24H20N2O6.